The molecule has 6 rings (SSSR count). The van der Waals surface area contributed by atoms with E-state index in [0.29, 0.717) is 18.5 Å². The van der Waals surface area contributed by atoms with E-state index in [-0.39, 0.29) is 42.8 Å². The number of fused-ring (bicyclic) bond motifs is 2. The third kappa shape index (κ3) is 4.65. The number of benzene rings is 2. The van der Waals surface area contributed by atoms with Crippen LogP contribution in [0, 0.1) is 11.8 Å². The van der Waals surface area contributed by atoms with Crippen LogP contribution < -0.4 is 4.90 Å². The highest BCUT2D eigenvalue weighted by Gasteiger charge is 2.74. The minimum absolute atomic E-state index is 0.0912. The summed E-state index contributed by atoms with van der Waals surface area (Å²) in [6.45, 7) is 9.85. The van der Waals surface area contributed by atoms with E-state index in [0.717, 1.165) is 17.6 Å². The molecule has 3 aliphatic heterocycles. The van der Waals surface area contributed by atoms with Crippen molar-refractivity contribution in [2.24, 2.45) is 11.8 Å². The van der Waals surface area contributed by atoms with Gasteiger partial charge in [0.05, 0.1) is 34.7 Å². The summed E-state index contributed by atoms with van der Waals surface area (Å²) in [7, 11) is 0. The number of hydrogen-bond donors (Lipinski definition) is 1. The first kappa shape index (κ1) is 29.1. The van der Waals surface area contributed by atoms with Crippen molar-refractivity contribution < 1.29 is 19.5 Å². The second-order valence-corrected chi connectivity index (χ2v) is 13.1. The molecule has 224 valence electrons. The number of aliphatic hydroxyl groups is 1. The molecule has 1 aromatic heterocycles. The molecule has 3 saturated heterocycles. The average Bonchev–Trinajstić information content (AvgIpc) is 3.78. The van der Waals surface area contributed by atoms with Crippen molar-refractivity contribution in [3.63, 3.8) is 0 Å². The number of amides is 3. The Bertz CT molecular complexity index is 1560. The molecule has 2 bridgehead atoms. The average molecular weight is 601 g/mol. The first-order chi connectivity index (χ1) is 20.9. The van der Waals surface area contributed by atoms with Gasteiger partial charge in [-0.15, -0.1) is 30.0 Å². The zero-order chi connectivity index (χ0) is 30.3. The molecule has 3 aromatic rings. The Balaban J connectivity index is 1.38. The van der Waals surface area contributed by atoms with Crippen LogP contribution >= 0.6 is 11.8 Å². The van der Waals surface area contributed by atoms with Gasteiger partial charge in [0.15, 0.2) is 0 Å². The Morgan fingerprint density at radius 2 is 1.84 bits per heavy atom. The van der Waals surface area contributed by atoms with Crippen LogP contribution in [0.25, 0.3) is 11.0 Å². The topological polar surface area (TPSA) is 112 Å². The predicted molar refractivity (Wildman–Crippen MR) is 166 cm³/mol. The normalized spacial score (nSPS) is 26.4. The summed E-state index contributed by atoms with van der Waals surface area (Å²) >= 11 is 1.61. The molecule has 1 N–H and O–H groups in total. The molecular weight excluding hydrogens is 564 g/mol. The van der Waals surface area contributed by atoms with E-state index in [2.05, 4.69) is 23.5 Å². The third-order valence-electron chi connectivity index (χ3n) is 9.03. The zero-order valence-corrected chi connectivity index (χ0v) is 25.0. The number of likely N-dealkylation sites (tertiary alicyclic amines) is 1. The largest absolute Gasteiger partial charge is 0.394 e. The second-order valence-electron chi connectivity index (χ2n) is 11.5. The maximum Gasteiger partial charge on any atom is 0.248 e. The van der Waals surface area contributed by atoms with Crippen molar-refractivity contribution in [2.75, 3.05) is 24.6 Å². The van der Waals surface area contributed by atoms with Crippen LogP contribution in [-0.2, 0) is 21.1 Å². The number of aromatic nitrogens is 3. The highest BCUT2D eigenvalue weighted by atomic mass is 32.2. The number of anilines is 1. The van der Waals surface area contributed by atoms with E-state index in [1.807, 2.05) is 54.6 Å². The maximum atomic E-state index is 14.7. The molecule has 2 aromatic carbocycles. The molecule has 0 radical (unpaired) electrons. The van der Waals surface area contributed by atoms with E-state index in [4.69, 9.17) is 0 Å². The lowest BCUT2D eigenvalue weighted by atomic mass is 9.70. The molecule has 0 aliphatic carbocycles. The van der Waals surface area contributed by atoms with E-state index in [9.17, 15) is 19.5 Å². The number of rotatable bonds is 11. The van der Waals surface area contributed by atoms with Crippen LogP contribution in [0.4, 0.5) is 5.69 Å². The number of carbonyl (C=O) groups is 3. The summed E-state index contributed by atoms with van der Waals surface area (Å²) in [6.07, 6.45) is 4.70. The van der Waals surface area contributed by atoms with Gasteiger partial charge in [-0.05, 0) is 44.0 Å². The molecule has 6 atom stereocenters. The van der Waals surface area contributed by atoms with Gasteiger partial charge in [0, 0.05) is 24.0 Å². The highest BCUT2D eigenvalue weighted by Crippen LogP contribution is 2.67. The lowest BCUT2D eigenvalue weighted by Gasteiger charge is -2.39. The molecule has 3 fully saturated rings. The van der Waals surface area contributed by atoms with Crippen molar-refractivity contribution in [1.82, 2.24) is 24.8 Å². The fraction of sp³-hybridized carbons (Fsp3) is 0.406. The van der Waals surface area contributed by atoms with Crippen LogP contribution in [0.5, 0.6) is 0 Å². The number of hydrogen-bond acceptors (Lipinski definition) is 7. The molecule has 3 amide bonds. The Labute approximate surface area is 255 Å². The fourth-order valence-corrected chi connectivity index (χ4v) is 9.38. The van der Waals surface area contributed by atoms with Crippen molar-refractivity contribution in [3.05, 3.63) is 79.9 Å². The van der Waals surface area contributed by atoms with Crippen LogP contribution in [-0.4, -0.2) is 89.4 Å². The smallest absolute Gasteiger partial charge is 0.248 e. The van der Waals surface area contributed by atoms with Gasteiger partial charge >= 0.3 is 0 Å². The monoisotopic (exact) mass is 600 g/mol. The van der Waals surface area contributed by atoms with E-state index in [1.54, 1.807) is 50.2 Å². The van der Waals surface area contributed by atoms with Crippen LogP contribution in [0.15, 0.2) is 79.9 Å². The summed E-state index contributed by atoms with van der Waals surface area (Å²) in [5.41, 5.74) is 2.24. The molecule has 4 heterocycles. The molecule has 0 saturated carbocycles. The quantitative estimate of drug-likeness (QED) is 0.337. The van der Waals surface area contributed by atoms with Crippen LogP contribution in [0.2, 0.25) is 0 Å². The molecule has 43 heavy (non-hydrogen) atoms. The lowest BCUT2D eigenvalue weighted by molar-refractivity contribution is -0.146. The minimum Gasteiger partial charge on any atom is -0.394 e. The number of nitrogens with zero attached hydrogens (tertiary/aromatic N) is 6. The summed E-state index contributed by atoms with van der Waals surface area (Å²) < 4.78 is 0.879. The molecular formula is C32H36N6O4S. The lowest BCUT2D eigenvalue weighted by Crippen LogP contribution is -2.57. The van der Waals surface area contributed by atoms with Gasteiger partial charge in [0.25, 0.3) is 0 Å². The first-order valence-corrected chi connectivity index (χ1v) is 15.5. The number of aliphatic hydroxyl groups excluding tert-OH is 1. The van der Waals surface area contributed by atoms with Gasteiger partial charge in [-0.2, -0.15) is 0 Å². The van der Waals surface area contributed by atoms with Crippen molar-refractivity contribution in [1.29, 1.82) is 0 Å². The molecule has 2 unspecified atom stereocenters. The fourth-order valence-electron chi connectivity index (χ4n) is 7.18. The number of para-hydroxylation sites is 2. The summed E-state index contributed by atoms with van der Waals surface area (Å²) in [6, 6.07) is 15.5. The van der Waals surface area contributed by atoms with E-state index < -0.39 is 28.7 Å². The Morgan fingerprint density at radius 3 is 2.56 bits per heavy atom. The minimum atomic E-state index is -0.848. The van der Waals surface area contributed by atoms with Gasteiger partial charge in [-0.1, -0.05) is 47.7 Å². The highest BCUT2D eigenvalue weighted by molar-refractivity contribution is 8.02. The Morgan fingerprint density at radius 1 is 1.12 bits per heavy atom. The van der Waals surface area contributed by atoms with Gasteiger partial charge in [-0.25, -0.2) is 4.68 Å². The van der Waals surface area contributed by atoms with Crippen LogP contribution in [0.3, 0.4) is 0 Å². The summed E-state index contributed by atoms with van der Waals surface area (Å²) in [4.78, 5) is 48.2. The van der Waals surface area contributed by atoms with Gasteiger partial charge in [-0.3, -0.25) is 14.4 Å². The molecule has 3 aliphatic rings. The van der Waals surface area contributed by atoms with Crippen molar-refractivity contribution in [2.45, 2.75) is 48.5 Å². The number of thioether (sulfide) groups is 1. The third-order valence-corrected chi connectivity index (χ3v) is 11.0. The summed E-state index contributed by atoms with van der Waals surface area (Å²) in [5.74, 6) is -1.90. The Hall–Kier alpha value is -3.96. The second kappa shape index (κ2) is 11.6. The first-order valence-electron chi connectivity index (χ1n) is 14.6. The predicted octanol–water partition coefficient (Wildman–Crippen LogP) is 3.09. The molecule has 10 nitrogen and oxygen atoms in total. The van der Waals surface area contributed by atoms with Crippen molar-refractivity contribution >= 4 is 46.2 Å². The van der Waals surface area contributed by atoms with Crippen molar-refractivity contribution in [3.8, 4) is 0 Å². The maximum absolute atomic E-state index is 14.7. The Kier molecular flexibility index (Phi) is 7.87. The van der Waals surface area contributed by atoms with Gasteiger partial charge < -0.3 is 19.8 Å². The standard InChI is InChI=1S/C32H36N6O4S/c1-4-17-35(20-37-24-14-10-9-13-23(24)33-34-37)31(42)28-32-16-15-25(43-32)26(27(32)30(41)38(28)21(3)19-39)29(40)36(18-5-2)22-11-7-6-8-12-22/h4-14,21,25-28,39H,1-2,15-20H2,3H3/t21-,25+,26-,27+,28?,32?/m1/s1. The van der Waals surface area contributed by atoms with Crippen LogP contribution in [0.1, 0.15) is 19.8 Å². The van der Waals surface area contributed by atoms with E-state index >= 15 is 0 Å². The zero-order valence-electron chi connectivity index (χ0n) is 24.2. The molecule has 1 spiro atoms. The van der Waals surface area contributed by atoms with Gasteiger partial charge in [0.2, 0.25) is 17.7 Å². The number of carbonyl (C=O) groups excluding carboxylic acids is 3. The van der Waals surface area contributed by atoms with Gasteiger partial charge in [0.1, 0.15) is 18.2 Å². The SMILES string of the molecule is C=CCN(Cn1nnc2ccccc21)C(=O)C1N([C@H](C)CO)C(=O)[C@@H]2[C@H](C(=O)N(CC=C)c3ccccc3)[C@@H]3CCC12S3. The molecule has 11 heteroatoms. The summed E-state index contributed by atoms with van der Waals surface area (Å²) in [5, 5.41) is 18.7. The van der Waals surface area contributed by atoms with E-state index in [1.165, 1.54) is 0 Å².